The summed E-state index contributed by atoms with van der Waals surface area (Å²) in [6, 6.07) is 12.2. The Morgan fingerprint density at radius 1 is 1.10 bits per heavy atom. The molecular formula is C23H25N3O2S2. The minimum Gasteiger partial charge on any atom is -0.379 e. The lowest BCUT2D eigenvalue weighted by Gasteiger charge is -2.26. The highest BCUT2D eigenvalue weighted by molar-refractivity contribution is 7.98. The lowest BCUT2D eigenvalue weighted by atomic mass is 10.1. The first kappa shape index (κ1) is 19.9. The number of anilines is 1. The summed E-state index contributed by atoms with van der Waals surface area (Å²) in [7, 11) is 0. The monoisotopic (exact) mass is 439 g/mol. The normalized spacial score (nSPS) is 16.9. The molecule has 2 aliphatic heterocycles. The van der Waals surface area contributed by atoms with Crippen molar-refractivity contribution in [2.75, 3.05) is 37.4 Å². The van der Waals surface area contributed by atoms with Crippen LogP contribution in [0.1, 0.15) is 26.4 Å². The van der Waals surface area contributed by atoms with E-state index in [1.165, 1.54) is 16.0 Å². The first-order valence-electron chi connectivity index (χ1n) is 10.3. The second-order valence-corrected chi connectivity index (χ2v) is 9.81. The zero-order valence-corrected chi connectivity index (χ0v) is 18.4. The van der Waals surface area contributed by atoms with Crippen molar-refractivity contribution >= 4 is 34.7 Å². The molecule has 0 saturated carbocycles. The third-order valence-electron chi connectivity index (χ3n) is 5.59. The fourth-order valence-corrected chi connectivity index (χ4v) is 6.45. The van der Waals surface area contributed by atoms with Crippen LogP contribution < -0.4 is 5.32 Å². The molecular weight excluding hydrogens is 414 g/mol. The summed E-state index contributed by atoms with van der Waals surface area (Å²) >= 11 is 3.69. The van der Waals surface area contributed by atoms with Crippen molar-refractivity contribution in [3.05, 3.63) is 70.4 Å². The highest BCUT2D eigenvalue weighted by atomic mass is 32.2. The van der Waals surface area contributed by atoms with E-state index in [-0.39, 0.29) is 5.91 Å². The Balaban J connectivity index is 1.34. The molecule has 5 nitrogen and oxygen atoms in total. The third kappa shape index (κ3) is 4.21. The molecule has 1 saturated heterocycles. The summed E-state index contributed by atoms with van der Waals surface area (Å²) in [6.07, 6.45) is 4.99. The first-order chi connectivity index (χ1) is 14.8. The lowest BCUT2D eigenvalue weighted by Crippen LogP contribution is -2.35. The quantitative estimate of drug-likeness (QED) is 0.640. The number of carbonyl (C=O) groups excluding carboxylic acids is 1. The van der Waals surface area contributed by atoms with Crippen LogP contribution in [0.15, 0.2) is 48.8 Å². The maximum absolute atomic E-state index is 13.3. The van der Waals surface area contributed by atoms with Crippen LogP contribution in [0.3, 0.4) is 0 Å². The number of benzene rings is 1. The highest BCUT2D eigenvalue weighted by Crippen LogP contribution is 2.38. The summed E-state index contributed by atoms with van der Waals surface area (Å²) in [5.41, 5.74) is 4.16. The molecule has 0 aliphatic carbocycles. The fourth-order valence-electron chi connectivity index (χ4n) is 4.01. The molecule has 0 bridgehead atoms. The van der Waals surface area contributed by atoms with Crippen LogP contribution in [0.4, 0.5) is 5.69 Å². The maximum Gasteiger partial charge on any atom is 0.258 e. The van der Waals surface area contributed by atoms with E-state index in [1.54, 1.807) is 11.3 Å². The van der Waals surface area contributed by atoms with Crippen molar-refractivity contribution in [1.29, 1.82) is 0 Å². The van der Waals surface area contributed by atoms with Gasteiger partial charge in [0.15, 0.2) is 0 Å². The van der Waals surface area contributed by atoms with Gasteiger partial charge in [-0.2, -0.15) is 11.8 Å². The summed E-state index contributed by atoms with van der Waals surface area (Å²) in [5, 5.41) is 4.16. The Bertz CT molecular complexity index is 1010. The predicted molar refractivity (Wildman–Crippen MR) is 124 cm³/mol. The molecule has 7 heteroatoms. The Hall–Kier alpha value is -2.06. The number of nitrogens with zero attached hydrogens (tertiary/aromatic N) is 2. The molecule has 30 heavy (non-hydrogen) atoms. The van der Waals surface area contributed by atoms with Gasteiger partial charge in [-0.15, -0.1) is 11.3 Å². The van der Waals surface area contributed by atoms with Crippen LogP contribution in [-0.2, 0) is 23.5 Å². The van der Waals surface area contributed by atoms with Crippen molar-refractivity contribution in [2.45, 2.75) is 18.7 Å². The highest BCUT2D eigenvalue weighted by Gasteiger charge is 2.26. The van der Waals surface area contributed by atoms with Gasteiger partial charge < -0.3 is 14.6 Å². The minimum atomic E-state index is -0.0102. The Morgan fingerprint density at radius 2 is 1.87 bits per heavy atom. The number of rotatable bonds is 5. The van der Waals surface area contributed by atoms with Crippen LogP contribution in [-0.4, -0.2) is 47.4 Å². The van der Waals surface area contributed by atoms with Crippen LogP contribution >= 0.6 is 23.1 Å². The minimum absolute atomic E-state index is 0.0102. The van der Waals surface area contributed by atoms with Crippen molar-refractivity contribution < 1.29 is 9.53 Å². The molecule has 1 aromatic carbocycles. The third-order valence-corrected chi connectivity index (χ3v) is 8.00. The molecule has 0 unspecified atom stereocenters. The lowest BCUT2D eigenvalue weighted by molar-refractivity contribution is 0.0342. The van der Waals surface area contributed by atoms with E-state index in [2.05, 4.69) is 26.9 Å². The van der Waals surface area contributed by atoms with Gasteiger partial charge in [0.2, 0.25) is 0 Å². The van der Waals surface area contributed by atoms with E-state index in [0.717, 1.165) is 67.0 Å². The SMILES string of the molecule is O=C(Nc1ccc(CN2CCOCC2)cc1)c1c(-n2cccc2)sc2c1CCSC2. The van der Waals surface area contributed by atoms with E-state index >= 15 is 0 Å². The average molecular weight is 440 g/mol. The second-order valence-electron chi connectivity index (χ2n) is 7.62. The zero-order chi connectivity index (χ0) is 20.3. The van der Waals surface area contributed by atoms with Gasteiger partial charge in [0.05, 0.1) is 18.8 Å². The van der Waals surface area contributed by atoms with Gasteiger partial charge in [-0.25, -0.2) is 0 Å². The van der Waals surface area contributed by atoms with Gasteiger partial charge in [0.1, 0.15) is 5.00 Å². The van der Waals surface area contributed by atoms with Gasteiger partial charge >= 0.3 is 0 Å². The zero-order valence-electron chi connectivity index (χ0n) is 16.8. The van der Waals surface area contributed by atoms with Crippen LogP contribution in [0.2, 0.25) is 0 Å². The smallest absolute Gasteiger partial charge is 0.258 e. The predicted octanol–water partition coefficient (Wildman–Crippen LogP) is 4.41. The van der Waals surface area contributed by atoms with Crippen molar-refractivity contribution in [3.63, 3.8) is 0 Å². The molecule has 3 aromatic rings. The summed E-state index contributed by atoms with van der Waals surface area (Å²) < 4.78 is 7.48. The van der Waals surface area contributed by atoms with Gasteiger partial charge in [0.25, 0.3) is 5.91 Å². The molecule has 0 atom stereocenters. The molecule has 0 radical (unpaired) electrons. The fraction of sp³-hybridized carbons (Fsp3) is 0.348. The maximum atomic E-state index is 13.3. The summed E-state index contributed by atoms with van der Waals surface area (Å²) in [4.78, 5) is 17.1. The van der Waals surface area contributed by atoms with Crippen LogP contribution in [0.25, 0.3) is 5.00 Å². The number of ether oxygens (including phenoxy) is 1. The topological polar surface area (TPSA) is 46.5 Å². The molecule has 0 spiro atoms. The van der Waals surface area contributed by atoms with Gasteiger partial charge in [-0.3, -0.25) is 9.69 Å². The molecule has 5 rings (SSSR count). The number of aromatic nitrogens is 1. The van der Waals surface area contributed by atoms with Crippen molar-refractivity contribution in [2.24, 2.45) is 0 Å². The summed E-state index contributed by atoms with van der Waals surface area (Å²) in [6.45, 7) is 4.48. The van der Waals surface area contributed by atoms with Crippen molar-refractivity contribution in [3.8, 4) is 5.00 Å². The number of thiophene rings is 1. The van der Waals surface area contributed by atoms with E-state index < -0.39 is 0 Å². The molecule has 1 fully saturated rings. The number of hydrogen-bond donors (Lipinski definition) is 1. The molecule has 4 heterocycles. The van der Waals surface area contributed by atoms with Crippen LogP contribution in [0.5, 0.6) is 0 Å². The van der Waals surface area contributed by atoms with Gasteiger partial charge in [0, 0.05) is 48.3 Å². The van der Waals surface area contributed by atoms with E-state index in [9.17, 15) is 4.79 Å². The largest absolute Gasteiger partial charge is 0.379 e. The molecule has 1 amide bonds. The number of carbonyl (C=O) groups is 1. The Morgan fingerprint density at radius 3 is 2.63 bits per heavy atom. The second kappa shape index (κ2) is 8.98. The van der Waals surface area contributed by atoms with Gasteiger partial charge in [-0.1, -0.05) is 12.1 Å². The van der Waals surface area contributed by atoms with E-state index in [1.807, 2.05) is 48.4 Å². The van der Waals surface area contributed by atoms with E-state index in [0.29, 0.717) is 0 Å². The number of fused-ring (bicyclic) bond motifs is 1. The van der Waals surface area contributed by atoms with E-state index in [4.69, 9.17) is 4.74 Å². The molecule has 2 aliphatic rings. The Kier molecular flexibility index (Phi) is 5.95. The number of nitrogens with one attached hydrogen (secondary N) is 1. The number of hydrogen-bond acceptors (Lipinski definition) is 5. The summed E-state index contributed by atoms with van der Waals surface area (Å²) in [5.74, 6) is 2.06. The first-order valence-corrected chi connectivity index (χ1v) is 12.3. The van der Waals surface area contributed by atoms with Crippen LogP contribution in [0, 0.1) is 0 Å². The molecule has 2 aromatic heterocycles. The average Bonchev–Trinajstić information content (AvgIpc) is 3.43. The Labute approximate surface area is 185 Å². The molecule has 156 valence electrons. The molecule has 1 N–H and O–H groups in total. The number of morpholine rings is 1. The van der Waals surface area contributed by atoms with Crippen molar-refractivity contribution in [1.82, 2.24) is 9.47 Å². The number of amides is 1. The standard InChI is InChI=1S/C23H25N3O2S2/c27-22(24-18-5-3-17(4-6-18)15-25-10-12-28-13-11-25)21-19-7-14-29-16-20(19)30-23(21)26-8-1-2-9-26/h1-6,8-9H,7,10-16H2,(H,24,27). The number of thioether (sulfide) groups is 1. The van der Waals surface area contributed by atoms with Gasteiger partial charge in [-0.05, 0) is 47.6 Å².